The summed E-state index contributed by atoms with van der Waals surface area (Å²) in [7, 11) is 0. The van der Waals surface area contributed by atoms with Crippen molar-refractivity contribution in [1.82, 2.24) is 4.90 Å². The molecule has 0 spiro atoms. The van der Waals surface area contributed by atoms with Crippen LogP contribution in [0, 0.1) is 11.3 Å². The zero-order valence-electron chi connectivity index (χ0n) is 10.8. The molecule has 1 aromatic carbocycles. The van der Waals surface area contributed by atoms with E-state index in [2.05, 4.69) is 17.9 Å². The summed E-state index contributed by atoms with van der Waals surface area (Å²) in [5, 5.41) is 19.0. The Kier molecular flexibility index (Phi) is 4.22. The van der Waals surface area contributed by atoms with Crippen molar-refractivity contribution in [3.8, 4) is 11.8 Å². The predicted octanol–water partition coefficient (Wildman–Crippen LogP) is 3.22. The smallest absolute Gasteiger partial charge is 0.124 e. The fourth-order valence-corrected chi connectivity index (χ4v) is 2.84. The molecule has 3 nitrogen and oxygen atoms in total. The summed E-state index contributed by atoms with van der Waals surface area (Å²) in [6.45, 7) is 3.16. The Morgan fingerprint density at radius 3 is 3.00 bits per heavy atom. The molecule has 1 aliphatic heterocycles. The average Bonchev–Trinajstić information content (AvgIpc) is 2.40. The van der Waals surface area contributed by atoms with Gasteiger partial charge in [0.1, 0.15) is 11.8 Å². The van der Waals surface area contributed by atoms with Gasteiger partial charge in [-0.3, -0.25) is 4.90 Å². The van der Waals surface area contributed by atoms with Gasteiger partial charge in [0, 0.05) is 12.6 Å². The van der Waals surface area contributed by atoms with Gasteiger partial charge in [-0.15, -0.1) is 0 Å². The first-order valence-electron chi connectivity index (χ1n) is 6.70. The first-order valence-corrected chi connectivity index (χ1v) is 6.70. The minimum Gasteiger partial charge on any atom is -0.508 e. The summed E-state index contributed by atoms with van der Waals surface area (Å²) in [5.74, 6) is 0.234. The Bertz CT molecular complexity index is 438. The number of likely N-dealkylation sites (tertiary alicyclic amines) is 1. The summed E-state index contributed by atoms with van der Waals surface area (Å²) >= 11 is 0. The van der Waals surface area contributed by atoms with Crippen LogP contribution in [0.5, 0.6) is 5.75 Å². The lowest BCUT2D eigenvalue weighted by Crippen LogP contribution is -2.41. The zero-order chi connectivity index (χ0) is 13.0. The zero-order valence-corrected chi connectivity index (χ0v) is 10.8. The lowest BCUT2D eigenvalue weighted by molar-refractivity contribution is 0.116. The molecule has 3 heteroatoms. The van der Waals surface area contributed by atoms with Crippen molar-refractivity contribution in [2.75, 3.05) is 6.54 Å². The third-order valence-electron chi connectivity index (χ3n) is 3.78. The van der Waals surface area contributed by atoms with Crippen LogP contribution in [-0.4, -0.2) is 22.6 Å². The number of benzene rings is 1. The van der Waals surface area contributed by atoms with Gasteiger partial charge >= 0.3 is 0 Å². The lowest BCUT2D eigenvalue weighted by Gasteiger charge is -2.38. The molecule has 0 aliphatic carbocycles. The van der Waals surface area contributed by atoms with Crippen molar-refractivity contribution in [3.63, 3.8) is 0 Å². The van der Waals surface area contributed by atoms with Crippen LogP contribution in [0.4, 0.5) is 0 Å². The normalized spacial score (nSPS) is 22.3. The van der Waals surface area contributed by atoms with Crippen LogP contribution < -0.4 is 0 Å². The van der Waals surface area contributed by atoms with Gasteiger partial charge in [-0.25, -0.2) is 0 Å². The highest BCUT2D eigenvalue weighted by Gasteiger charge is 2.28. The Labute approximate surface area is 109 Å². The van der Waals surface area contributed by atoms with Crippen molar-refractivity contribution in [3.05, 3.63) is 29.8 Å². The Morgan fingerprint density at radius 2 is 2.33 bits per heavy atom. The van der Waals surface area contributed by atoms with E-state index in [-0.39, 0.29) is 11.8 Å². The highest BCUT2D eigenvalue weighted by molar-refractivity contribution is 5.32. The summed E-state index contributed by atoms with van der Waals surface area (Å²) in [6, 6.07) is 9.73. The average molecular weight is 244 g/mol. The van der Waals surface area contributed by atoms with E-state index in [0.717, 1.165) is 24.9 Å². The van der Waals surface area contributed by atoms with Gasteiger partial charge in [-0.2, -0.15) is 5.26 Å². The molecular formula is C15H20N2O. The van der Waals surface area contributed by atoms with Gasteiger partial charge < -0.3 is 5.11 Å². The molecule has 2 rings (SSSR count). The second kappa shape index (κ2) is 5.88. The van der Waals surface area contributed by atoms with Crippen LogP contribution >= 0.6 is 0 Å². The molecule has 1 aliphatic rings. The fourth-order valence-electron chi connectivity index (χ4n) is 2.84. The number of nitrogens with zero attached hydrogens (tertiary/aromatic N) is 2. The Balaban J connectivity index is 2.25. The van der Waals surface area contributed by atoms with E-state index in [0.29, 0.717) is 6.04 Å². The van der Waals surface area contributed by atoms with Crippen molar-refractivity contribution in [2.24, 2.45) is 0 Å². The Morgan fingerprint density at radius 1 is 1.50 bits per heavy atom. The maximum absolute atomic E-state index is 9.55. The van der Waals surface area contributed by atoms with Crippen LogP contribution in [-0.2, 0) is 0 Å². The molecule has 1 aromatic rings. The molecule has 1 saturated heterocycles. The monoisotopic (exact) mass is 244 g/mol. The SMILES string of the molecule is CCC1CCCCN1C(C#N)c1cccc(O)c1. The maximum atomic E-state index is 9.55. The highest BCUT2D eigenvalue weighted by Crippen LogP contribution is 2.30. The summed E-state index contributed by atoms with van der Waals surface area (Å²) in [4.78, 5) is 2.29. The summed E-state index contributed by atoms with van der Waals surface area (Å²) in [5.41, 5.74) is 0.901. The molecular weight excluding hydrogens is 224 g/mol. The number of phenols is 1. The van der Waals surface area contributed by atoms with Gasteiger partial charge in [-0.1, -0.05) is 25.5 Å². The van der Waals surface area contributed by atoms with E-state index in [1.807, 2.05) is 6.07 Å². The van der Waals surface area contributed by atoms with E-state index in [4.69, 9.17) is 0 Å². The third kappa shape index (κ3) is 2.65. The number of aromatic hydroxyl groups is 1. The quantitative estimate of drug-likeness (QED) is 0.888. The van der Waals surface area contributed by atoms with Crippen LogP contribution in [0.2, 0.25) is 0 Å². The summed E-state index contributed by atoms with van der Waals surface area (Å²) < 4.78 is 0. The highest BCUT2D eigenvalue weighted by atomic mass is 16.3. The Hall–Kier alpha value is -1.53. The number of piperidine rings is 1. The molecule has 1 fully saturated rings. The van der Waals surface area contributed by atoms with Crippen LogP contribution in [0.3, 0.4) is 0 Å². The molecule has 96 valence electrons. The lowest BCUT2D eigenvalue weighted by atomic mass is 9.95. The topological polar surface area (TPSA) is 47.3 Å². The van der Waals surface area contributed by atoms with Gasteiger partial charge in [0.25, 0.3) is 0 Å². The fraction of sp³-hybridized carbons (Fsp3) is 0.533. The van der Waals surface area contributed by atoms with Crippen LogP contribution in [0.15, 0.2) is 24.3 Å². The number of rotatable bonds is 3. The minimum atomic E-state index is -0.234. The predicted molar refractivity (Wildman–Crippen MR) is 71.1 cm³/mol. The van der Waals surface area contributed by atoms with Crippen LogP contribution in [0.25, 0.3) is 0 Å². The van der Waals surface area contributed by atoms with Gasteiger partial charge in [0.05, 0.1) is 6.07 Å². The third-order valence-corrected chi connectivity index (χ3v) is 3.78. The number of hydrogen-bond acceptors (Lipinski definition) is 3. The number of hydrogen-bond donors (Lipinski definition) is 1. The molecule has 18 heavy (non-hydrogen) atoms. The molecule has 0 aromatic heterocycles. The first kappa shape index (κ1) is 12.9. The van der Waals surface area contributed by atoms with Crippen molar-refractivity contribution >= 4 is 0 Å². The van der Waals surface area contributed by atoms with Crippen molar-refractivity contribution < 1.29 is 5.11 Å². The largest absolute Gasteiger partial charge is 0.508 e. The van der Waals surface area contributed by atoms with E-state index in [9.17, 15) is 10.4 Å². The van der Waals surface area contributed by atoms with E-state index >= 15 is 0 Å². The van der Waals surface area contributed by atoms with Gasteiger partial charge in [-0.05, 0) is 37.0 Å². The number of phenolic OH excluding ortho intramolecular Hbond substituents is 1. The van der Waals surface area contributed by atoms with Crippen molar-refractivity contribution in [1.29, 1.82) is 5.26 Å². The van der Waals surface area contributed by atoms with Crippen LogP contribution in [0.1, 0.15) is 44.2 Å². The minimum absolute atomic E-state index is 0.234. The second-order valence-electron chi connectivity index (χ2n) is 4.92. The molecule has 1 N–H and O–H groups in total. The summed E-state index contributed by atoms with van der Waals surface area (Å²) in [6.07, 6.45) is 4.67. The molecule has 0 saturated carbocycles. The van der Waals surface area contributed by atoms with E-state index in [1.54, 1.807) is 18.2 Å². The molecule has 0 amide bonds. The molecule has 2 unspecified atom stereocenters. The molecule has 2 atom stereocenters. The maximum Gasteiger partial charge on any atom is 0.124 e. The van der Waals surface area contributed by atoms with Gasteiger partial charge in [0.2, 0.25) is 0 Å². The number of nitriles is 1. The second-order valence-corrected chi connectivity index (χ2v) is 4.92. The molecule has 0 radical (unpaired) electrons. The van der Waals surface area contributed by atoms with E-state index < -0.39 is 0 Å². The standard InChI is InChI=1S/C15H20N2O/c1-2-13-7-3-4-9-17(13)15(11-16)12-6-5-8-14(18)10-12/h5-6,8,10,13,15,18H,2-4,7,9H2,1H3. The van der Waals surface area contributed by atoms with Crippen molar-refractivity contribution in [2.45, 2.75) is 44.7 Å². The molecule has 1 heterocycles. The first-order chi connectivity index (χ1) is 8.76. The molecule has 0 bridgehead atoms. The van der Waals surface area contributed by atoms with E-state index in [1.165, 1.54) is 12.8 Å². The van der Waals surface area contributed by atoms with Gasteiger partial charge in [0.15, 0.2) is 0 Å².